The number of hydrogen-bond acceptors (Lipinski definition) is 3. The van der Waals surface area contributed by atoms with Gasteiger partial charge in [0.05, 0.1) is 18.0 Å². The average molecular weight is 276 g/mol. The predicted octanol–water partition coefficient (Wildman–Crippen LogP) is 1.84. The zero-order chi connectivity index (χ0) is 12.3. The van der Waals surface area contributed by atoms with Crippen molar-refractivity contribution in [2.45, 2.75) is 6.42 Å². The Labute approximate surface area is 106 Å². The number of halogens is 1. The molecule has 94 valence electrons. The smallest absolute Gasteiger partial charge is 0.235 e. The summed E-state index contributed by atoms with van der Waals surface area (Å²) in [6.07, 6.45) is 0.462. The van der Waals surface area contributed by atoms with Crippen molar-refractivity contribution in [3.63, 3.8) is 0 Å². The first-order chi connectivity index (χ1) is 8.15. The van der Waals surface area contributed by atoms with E-state index in [1.807, 2.05) is 6.07 Å². The van der Waals surface area contributed by atoms with Crippen LogP contribution in [0, 0.1) is 0 Å². The SMILES string of the molecule is O=S(=O)(CCCCl)N1CCOc2ccccc21. The molecule has 17 heavy (non-hydrogen) atoms. The van der Waals surface area contributed by atoms with E-state index >= 15 is 0 Å². The van der Waals surface area contributed by atoms with E-state index in [-0.39, 0.29) is 5.75 Å². The van der Waals surface area contributed by atoms with Crippen LogP contribution in [0.25, 0.3) is 0 Å². The van der Waals surface area contributed by atoms with Gasteiger partial charge in [-0.1, -0.05) is 12.1 Å². The van der Waals surface area contributed by atoms with Crippen LogP contribution in [0.5, 0.6) is 5.75 Å². The second-order valence-corrected chi connectivity index (χ2v) is 6.14. The van der Waals surface area contributed by atoms with E-state index in [1.165, 1.54) is 4.31 Å². The Morgan fingerprint density at radius 1 is 1.35 bits per heavy atom. The summed E-state index contributed by atoms with van der Waals surface area (Å²) in [5.41, 5.74) is 0.619. The van der Waals surface area contributed by atoms with Gasteiger partial charge in [-0.2, -0.15) is 0 Å². The minimum atomic E-state index is -3.29. The van der Waals surface area contributed by atoms with Gasteiger partial charge in [0.15, 0.2) is 0 Å². The summed E-state index contributed by atoms with van der Waals surface area (Å²) in [7, 11) is -3.29. The van der Waals surface area contributed by atoms with Crippen LogP contribution in [-0.4, -0.2) is 33.2 Å². The van der Waals surface area contributed by atoms with Gasteiger partial charge in [-0.05, 0) is 18.6 Å². The van der Waals surface area contributed by atoms with Crippen molar-refractivity contribution in [3.05, 3.63) is 24.3 Å². The van der Waals surface area contributed by atoms with Crippen molar-refractivity contribution in [2.24, 2.45) is 0 Å². The Bertz CT molecular complexity index is 489. The third kappa shape index (κ3) is 2.66. The predicted molar refractivity (Wildman–Crippen MR) is 68.4 cm³/mol. The summed E-state index contributed by atoms with van der Waals surface area (Å²) >= 11 is 5.54. The van der Waals surface area contributed by atoms with Crippen LogP contribution in [0.4, 0.5) is 5.69 Å². The molecule has 1 aliphatic heterocycles. The van der Waals surface area contributed by atoms with Gasteiger partial charge in [-0.3, -0.25) is 4.31 Å². The van der Waals surface area contributed by atoms with Gasteiger partial charge in [-0.15, -0.1) is 11.6 Å². The lowest BCUT2D eigenvalue weighted by Gasteiger charge is -2.30. The second-order valence-electron chi connectivity index (χ2n) is 3.75. The van der Waals surface area contributed by atoms with Gasteiger partial charge >= 0.3 is 0 Å². The molecule has 0 unspecified atom stereocenters. The number of alkyl halides is 1. The second kappa shape index (κ2) is 5.14. The molecule has 4 nitrogen and oxygen atoms in total. The first-order valence-electron chi connectivity index (χ1n) is 5.43. The number of sulfonamides is 1. The molecule has 0 spiro atoms. The molecule has 0 bridgehead atoms. The van der Waals surface area contributed by atoms with E-state index in [1.54, 1.807) is 18.2 Å². The molecule has 0 N–H and O–H groups in total. The minimum Gasteiger partial charge on any atom is -0.489 e. The van der Waals surface area contributed by atoms with E-state index in [0.29, 0.717) is 36.9 Å². The topological polar surface area (TPSA) is 46.6 Å². The molecule has 1 aromatic carbocycles. The van der Waals surface area contributed by atoms with Gasteiger partial charge in [0.25, 0.3) is 0 Å². The van der Waals surface area contributed by atoms with Crippen molar-refractivity contribution in [3.8, 4) is 5.75 Å². The Balaban J connectivity index is 2.29. The molecule has 2 rings (SSSR count). The quantitative estimate of drug-likeness (QED) is 0.788. The fourth-order valence-corrected chi connectivity index (χ4v) is 3.61. The zero-order valence-electron chi connectivity index (χ0n) is 9.30. The molecule has 0 saturated carbocycles. The van der Waals surface area contributed by atoms with Gasteiger partial charge in [-0.25, -0.2) is 8.42 Å². The number of hydrogen-bond donors (Lipinski definition) is 0. The van der Waals surface area contributed by atoms with Crippen molar-refractivity contribution in [2.75, 3.05) is 29.1 Å². The lowest BCUT2D eigenvalue weighted by atomic mass is 10.2. The van der Waals surface area contributed by atoms with Crippen molar-refractivity contribution < 1.29 is 13.2 Å². The molecule has 0 amide bonds. The molecule has 0 aliphatic carbocycles. The van der Waals surface area contributed by atoms with Crippen LogP contribution in [0.3, 0.4) is 0 Å². The van der Waals surface area contributed by atoms with Gasteiger partial charge in [0, 0.05) is 5.88 Å². The number of anilines is 1. The Kier molecular flexibility index (Phi) is 3.79. The van der Waals surface area contributed by atoms with Crippen molar-refractivity contribution in [1.82, 2.24) is 0 Å². The summed E-state index contributed by atoms with van der Waals surface area (Å²) < 4.78 is 31.1. The maximum Gasteiger partial charge on any atom is 0.235 e. The van der Waals surface area contributed by atoms with Crippen molar-refractivity contribution >= 4 is 27.3 Å². The van der Waals surface area contributed by atoms with Crippen LogP contribution in [0.15, 0.2) is 24.3 Å². The molecule has 1 aromatic rings. The molecular formula is C11H14ClNO3S. The maximum absolute atomic E-state index is 12.1. The van der Waals surface area contributed by atoms with E-state index < -0.39 is 10.0 Å². The summed E-state index contributed by atoms with van der Waals surface area (Å²) in [4.78, 5) is 0. The lowest BCUT2D eigenvalue weighted by molar-refractivity contribution is 0.316. The molecule has 1 heterocycles. The fraction of sp³-hybridized carbons (Fsp3) is 0.455. The van der Waals surface area contributed by atoms with Crippen LogP contribution >= 0.6 is 11.6 Å². The van der Waals surface area contributed by atoms with Gasteiger partial charge < -0.3 is 4.74 Å². The van der Waals surface area contributed by atoms with E-state index in [9.17, 15) is 8.42 Å². The van der Waals surface area contributed by atoms with Crippen LogP contribution in [-0.2, 0) is 10.0 Å². The highest BCUT2D eigenvalue weighted by Gasteiger charge is 2.27. The monoisotopic (exact) mass is 275 g/mol. The first-order valence-corrected chi connectivity index (χ1v) is 7.58. The van der Waals surface area contributed by atoms with Gasteiger partial charge in [0.2, 0.25) is 10.0 Å². The summed E-state index contributed by atoms with van der Waals surface area (Å²) in [5, 5.41) is 0. The number of fused-ring (bicyclic) bond motifs is 1. The normalized spacial score (nSPS) is 15.2. The first kappa shape index (κ1) is 12.5. The summed E-state index contributed by atoms with van der Waals surface area (Å²) in [6, 6.07) is 7.16. The molecule has 0 atom stereocenters. The minimum absolute atomic E-state index is 0.0742. The number of ether oxygens (including phenoxy) is 1. The molecule has 0 fully saturated rings. The highest BCUT2D eigenvalue weighted by atomic mass is 35.5. The third-order valence-electron chi connectivity index (χ3n) is 2.56. The molecule has 6 heteroatoms. The number of rotatable bonds is 4. The standard InChI is InChI=1S/C11H14ClNO3S/c12-6-3-9-17(14,15)13-7-8-16-11-5-2-1-4-10(11)13/h1-2,4-5H,3,6-9H2. The maximum atomic E-state index is 12.1. The third-order valence-corrected chi connectivity index (χ3v) is 4.68. The molecule has 0 saturated heterocycles. The van der Waals surface area contributed by atoms with E-state index in [2.05, 4.69) is 0 Å². The number of nitrogens with zero attached hydrogens (tertiary/aromatic N) is 1. The fourth-order valence-electron chi connectivity index (χ4n) is 1.78. The van der Waals surface area contributed by atoms with Gasteiger partial charge in [0.1, 0.15) is 12.4 Å². The number of benzene rings is 1. The molecular weight excluding hydrogens is 262 g/mol. The average Bonchev–Trinajstić information content (AvgIpc) is 2.36. The molecule has 1 aliphatic rings. The summed E-state index contributed by atoms with van der Waals surface area (Å²) in [6.45, 7) is 0.749. The highest BCUT2D eigenvalue weighted by molar-refractivity contribution is 7.92. The van der Waals surface area contributed by atoms with E-state index in [0.717, 1.165) is 0 Å². The Hall–Kier alpha value is -0.940. The Morgan fingerprint density at radius 2 is 2.12 bits per heavy atom. The number of para-hydroxylation sites is 2. The van der Waals surface area contributed by atoms with Crippen LogP contribution < -0.4 is 9.04 Å². The zero-order valence-corrected chi connectivity index (χ0v) is 10.9. The molecule has 0 radical (unpaired) electrons. The lowest BCUT2D eigenvalue weighted by Crippen LogP contribution is -2.39. The Morgan fingerprint density at radius 3 is 2.88 bits per heavy atom. The summed E-state index contributed by atoms with van der Waals surface area (Å²) in [5.74, 6) is 1.05. The van der Waals surface area contributed by atoms with E-state index in [4.69, 9.17) is 16.3 Å². The van der Waals surface area contributed by atoms with Crippen LogP contribution in [0.1, 0.15) is 6.42 Å². The van der Waals surface area contributed by atoms with Crippen molar-refractivity contribution in [1.29, 1.82) is 0 Å². The largest absolute Gasteiger partial charge is 0.489 e. The molecule has 0 aromatic heterocycles. The van der Waals surface area contributed by atoms with Crippen LogP contribution in [0.2, 0.25) is 0 Å². The highest BCUT2D eigenvalue weighted by Crippen LogP contribution is 2.32.